The lowest BCUT2D eigenvalue weighted by Crippen LogP contribution is -1.97. The van der Waals surface area contributed by atoms with Crippen LogP contribution in [0.25, 0.3) is 130 Å². The average Bonchev–Trinajstić information content (AvgIpc) is 3.86. The lowest BCUT2D eigenvalue weighted by molar-refractivity contribution is 0.673. The number of benzene rings is 10. The molecule has 268 valence electrons. The van der Waals surface area contributed by atoms with Crippen molar-refractivity contribution in [2.24, 2.45) is 0 Å². The summed E-state index contributed by atoms with van der Waals surface area (Å²) in [6.45, 7) is 0. The fraction of sp³-hybridized carbons (Fsp3) is 0. The molecule has 0 N–H and O–H groups in total. The highest BCUT2D eigenvalue weighted by molar-refractivity contribution is 7.26. The van der Waals surface area contributed by atoms with E-state index in [1.54, 1.807) is 0 Å². The summed E-state index contributed by atoms with van der Waals surface area (Å²) in [5, 5.41) is 16.5. The third-order valence-corrected chi connectivity index (χ3v) is 13.2. The Hall–Kier alpha value is -7.40. The highest BCUT2D eigenvalue weighted by atomic mass is 32.1. The van der Waals surface area contributed by atoms with Crippen molar-refractivity contribution >= 4 is 107 Å². The number of fused-ring (bicyclic) bond motifs is 16. The van der Waals surface area contributed by atoms with Crippen molar-refractivity contribution in [3.8, 4) is 33.9 Å². The zero-order valence-electron chi connectivity index (χ0n) is 31.0. The third kappa shape index (κ3) is 4.55. The summed E-state index contributed by atoms with van der Waals surface area (Å²) in [4.78, 5) is 11.0. The van der Waals surface area contributed by atoms with Crippen LogP contribution in [-0.4, -0.2) is 9.97 Å². The Morgan fingerprint density at radius 1 is 0.362 bits per heavy atom. The number of aromatic nitrogens is 2. The molecule has 58 heavy (non-hydrogen) atoms. The minimum absolute atomic E-state index is 0.671. The van der Waals surface area contributed by atoms with Crippen LogP contribution in [0.5, 0.6) is 0 Å². The second-order valence-corrected chi connectivity index (χ2v) is 16.3. The van der Waals surface area contributed by atoms with Gasteiger partial charge in [-0.05, 0) is 84.9 Å². The first kappa shape index (κ1) is 31.8. The molecule has 0 radical (unpaired) electrons. The molecule has 0 spiro atoms. The minimum Gasteiger partial charge on any atom is -0.455 e. The maximum atomic E-state index is 7.08. The summed E-state index contributed by atoms with van der Waals surface area (Å²) in [5.41, 5.74) is 6.52. The van der Waals surface area contributed by atoms with E-state index in [2.05, 4.69) is 182 Å². The molecule has 0 aliphatic rings. The SMILES string of the molecule is c1ccc(-c2cc(-c3ccc4sc5ccc6ccccc6c5c4c3)nc(-c3c4ccccc4cc4oc5c(ccc6c7ccccc7c7ccccc7c65)c34)n2)cc1. The number of hydrogen-bond donors (Lipinski definition) is 0. The Morgan fingerprint density at radius 3 is 1.76 bits per heavy atom. The first-order valence-electron chi connectivity index (χ1n) is 19.6. The van der Waals surface area contributed by atoms with Crippen molar-refractivity contribution in [3.05, 3.63) is 182 Å². The molecule has 0 saturated heterocycles. The van der Waals surface area contributed by atoms with Crippen LogP contribution in [0, 0.1) is 0 Å². The lowest BCUT2D eigenvalue weighted by Gasteiger charge is -2.13. The van der Waals surface area contributed by atoms with E-state index in [0.29, 0.717) is 5.82 Å². The van der Waals surface area contributed by atoms with E-state index < -0.39 is 0 Å². The molecule has 0 aliphatic carbocycles. The second-order valence-electron chi connectivity index (χ2n) is 15.2. The second kappa shape index (κ2) is 12.1. The van der Waals surface area contributed by atoms with Gasteiger partial charge < -0.3 is 4.42 Å². The van der Waals surface area contributed by atoms with Crippen molar-refractivity contribution < 1.29 is 4.42 Å². The molecule has 0 atom stereocenters. The van der Waals surface area contributed by atoms with Gasteiger partial charge in [0.15, 0.2) is 5.82 Å². The number of thiophene rings is 1. The maximum absolute atomic E-state index is 7.08. The fourth-order valence-electron chi connectivity index (χ4n) is 9.45. The van der Waals surface area contributed by atoms with Crippen molar-refractivity contribution in [2.45, 2.75) is 0 Å². The lowest BCUT2D eigenvalue weighted by atomic mass is 9.92. The molecule has 0 saturated carbocycles. The number of nitrogens with zero attached hydrogens (tertiary/aromatic N) is 2. The topological polar surface area (TPSA) is 38.9 Å². The summed E-state index contributed by atoms with van der Waals surface area (Å²) in [7, 11) is 0. The van der Waals surface area contributed by atoms with Crippen molar-refractivity contribution in [1.29, 1.82) is 0 Å². The molecule has 0 aliphatic heterocycles. The van der Waals surface area contributed by atoms with Crippen LogP contribution in [0.1, 0.15) is 0 Å². The molecule has 4 heteroatoms. The van der Waals surface area contributed by atoms with Crippen LogP contribution in [0.4, 0.5) is 0 Å². The molecule has 3 aromatic heterocycles. The first-order chi connectivity index (χ1) is 28.7. The largest absolute Gasteiger partial charge is 0.455 e. The Balaban J connectivity index is 1.14. The Morgan fingerprint density at radius 2 is 0.966 bits per heavy atom. The summed E-state index contributed by atoms with van der Waals surface area (Å²) < 4.78 is 9.64. The van der Waals surface area contributed by atoms with E-state index in [0.717, 1.165) is 66.2 Å². The van der Waals surface area contributed by atoms with E-state index in [1.807, 2.05) is 11.3 Å². The van der Waals surface area contributed by atoms with E-state index >= 15 is 0 Å². The molecular formula is C54H30N2OS. The predicted octanol–water partition coefficient (Wildman–Crippen LogP) is 15.5. The van der Waals surface area contributed by atoms with Crippen LogP contribution >= 0.6 is 11.3 Å². The van der Waals surface area contributed by atoms with Gasteiger partial charge in [0.1, 0.15) is 11.2 Å². The molecule has 13 aromatic rings. The van der Waals surface area contributed by atoms with Crippen LogP contribution in [0.3, 0.4) is 0 Å². The van der Waals surface area contributed by atoms with Gasteiger partial charge in [0, 0.05) is 53.0 Å². The zero-order valence-corrected chi connectivity index (χ0v) is 31.8. The van der Waals surface area contributed by atoms with Crippen LogP contribution in [0.2, 0.25) is 0 Å². The van der Waals surface area contributed by atoms with E-state index in [4.69, 9.17) is 14.4 Å². The summed E-state index contributed by atoms with van der Waals surface area (Å²) >= 11 is 1.84. The third-order valence-electron chi connectivity index (χ3n) is 12.0. The summed E-state index contributed by atoms with van der Waals surface area (Å²) in [5.74, 6) is 0.671. The monoisotopic (exact) mass is 754 g/mol. The predicted molar refractivity (Wildman–Crippen MR) is 246 cm³/mol. The van der Waals surface area contributed by atoms with Crippen molar-refractivity contribution in [3.63, 3.8) is 0 Å². The van der Waals surface area contributed by atoms with Crippen LogP contribution in [0.15, 0.2) is 186 Å². The minimum atomic E-state index is 0.671. The molecule has 13 rings (SSSR count). The Bertz CT molecular complexity index is 3830. The standard InChI is InChI=1S/C54H30N2OS/c1-2-13-32(14-3-1)44-30-45(34-23-26-47-43(28-34)49-35-16-6-4-12-31(35)22-27-48(49)58-47)56-54(55-44)52-36-17-7-5-15-33(36)29-46-51(52)42-25-24-41-39-20-9-8-18-37(39)38-19-10-11-21-40(38)50(41)53(42)57-46/h1-30H. The molecule has 3 heterocycles. The summed E-state index contributed by atoms with van der Waals surface area (Å²) in [6.07, 6.45) is 0. The number of furan rings is 1. The molecule has 0 bridgehead atoms. The van der Waals surface area contributed by atoms with Crippen molar-refractivity contribution in [1.82, 2.24) is 9.97 Å². The van der Waals surface area contributed by atoms with Gasteiger partial charge in [-0.2, -0.15) is 0 Å². The van der Waals surface area contributed by atoms with Gasteiger partial charge in [-0.1, -0.05) is 146 Å². The summed E-state index contributed by atoms with van der Waals surface area (Å²) in [6, 6.07) is 65.2. The Kier molecular flexibility index (Phi) is 6.60. The quantitative estimate of drug-likeness (QED) is 0.169. The molecule has 0 amide bonds. The fourth-order valence-corrected chi connectivity index (χ4v) is 10.6. The maximum Gasteiger partial charge on any atom is 0.161 e. The van der Waals surface area contributed by atoms with Crippen molar-refractivity contribution in [2.75, 3.05) is 0 Å². The first-order valence-corrected chi connectivity index (χ1v) is 20.5. The van der Waals surface area contributed by atoms with E-state index in [9.17, 15) is 0 Å². The number of rotatable bonds is 3. The van der Waals surface area contributed by atoms with Gasteiger partial charge in [-0.25, -0.2) is 9.97 Å². The van der Waals surface area contributed by atoms with E-state index in [1.165, 1.54) is 57.9 Å². The van der Waals surface area contributed by atoms with Gasteiger partial charge in [0.25, 0.3) is 0 Å². The van der Waals surface area contributed by atoms with Gasteiger partial charge in [0.2, 0.25) is 0 Å². The van der Waals surface area contributed by atoms with Gasteiger partial charge in [0.05, 0.1) is 11.4 Å². The van der Waals surface area contributed by atoms with Crippen LogP contribution in [-0.2, 0) is 0 Å². The molecule has 3 nitrogen and oxygen atoms in total. The molecule has 0 unspecified atom stereocenters. The normalized spacial score (nSPS) is 12.1. The average molecular weight is 755 g/mol. The highest BCUT2D eigenvalue weighted by Gasteiger charge is 2.23. The molecule has 10 aromatic carbocycles. The smallest absolute Gasteiger partial charge is 0.161 e. The number of hydrogen-bond acceptors (Lipinski definition) is 4. The van der Waals surface area contributed by atoms with Gasteiger partial charge >= 0.3 is 0 Å². The molecule has 0 fully saturated rings. The van der Waals surface area contributed by atoms with E-state index in [-0.39, 0.29) is 0 Å². The highest BCUT2D eigenvalue weighted by Crippen LogP contribution is 2.47. The van der Waals surface area contributed by atoms with Crippen LogP contribution < -0.4 is 0 Å². The zero-order chi connectivity index (χ0) is 37.9. The van der Waals surface area contributed by atoms with Gasteiger partial charge in [-0.3, -0.25) is 0 Å². The molecular weight excluding hydrogens is 725 g/mol. The Labute approximate surface area is 336 Å². The van der Waals surface area contributed by atoms with Gasteiger partial charge in [-0.15, -0.1) is 11.3 Å².